The van der Waals surface area contributed by atoms with Gasteiger partial charge in [0.2, 0.25) is 53.2 Å². The van der Waals surface area contributed by atoms with Gasteiger partial charge in [0.1, 0.15) is 54.1 Å². The number of aromatic hydroxyl groups is 1. The minimum atomic E-state index is -1.70. The van der Waals surface area contributed by atoms with Crippen LogP contribution in [0.4, 0.5) is 0 Å². The number of carboxylic acid groups (broad SMARTS) is 1. The van der Waals surface area contributed by atoms with Gasteiger partial charge in [-0.1, -0.05) is 96.8 Å². The zero-order chi connectivity index (χ0) is 59.4. The van der Waals surface area contributed by atoms with Gasteiger partial charge in [0.25, 0.3) is 0 Å². The molecule has 0 bridgehead atoms. The fourth-order valence-electron chi connectivity index (χ4n) is 8.18. The van der Waals surface area contributed by atoms with E-state index >= 15 is 0 Å². The van der Waals surface area contributed by atoms with E-state index in [1.54, 1.807) is 84.0 Å². The fourth-order valence-corrected chi connectivity index (χ4v) is 8.18. The lowest BCUT2D eigenvalue weighted by atomic mass is 9.96. The molecule has 0 fully saturated rings. The molecule has 10 atom stereocenters. The third-order valence-electron chi connectivity index (χ3n) is 13.2. The largest absolute Gasteiger partial charge is 0.508 e. The van der Waals surface area contributed by atoms with Crippen molar-refractivity contribution in [3.05, 3.63) is 65.7 Å². The van der Waals surface area contributed by atoms with Gasteiger partial charge in [0.05, 0.1) is 12.6 Å². The number of phenolic OH excluding ortho intramolecular Hbond substituents is 1. The summed E-state index contributed by atoms with van der Waals surface area (Å²) in [7, 11) is 0. The Hall–Kier alpha value is -7.22. The summed E-state index contributed by atoms with van der Waals surface area (Å²) in [6.45, 7) is 9.67. The molecule has 0 aromatic heterocycles. The molecule has 9 amide bonds. The number of hydrogen-bond donors (Lipinski definition) is 15. The minimum absolute atomic E-state index is 0.0436. The number of carboxylic acids is 1. The minimum Gasteiger partial charge on any atom is -0.508 e. The Kier molecular flexibility index (Phi) is 30.4. The third kappa shape index (κ3) is 24.1. The molecule has 0 saturated carbocycles. The fraction of sp³-hybridized carbons (Fsp3) is 0.593. The van der Waals surface area contributed by atoms with E-state index in [2.05, 4.69) is 42.5 Å². The molecule has 0 aliphatic carbocycles. The number of unbranched alkanes of at least 4 members (excludes halogenated alkanes) is 2. The second kappa shape index (κ2) is 35.3. The van der Waals surface area contributed by atoms with Crippen molar-refractivity contribution in [2.24, 2.45) is 40.7 Å². The first-order valence-corrected chi connectivity index (χ1v) is 26.9. The van der Waals surface area contributed by atoms with E-state index < -0.39 is 151 Å². The molecule has 0 saturated heterocycles. The number of benzene rings is 2. The molecule has 0 spiro atoms. The van der Waals surface area contributed by atoms with Crippen molar-refractivity contribution in [1.29, 1.82) is 0 Å². The molecule has 19 N–H and O–H groups in total. The summed E-state index contributed by atoms with van der Waals surface area (Å²) in [5.41, 5.74) is 24.1. The Balaban J connectivity index is 2.47. The highest BCUT2D eigenvalue weighted by molar-refractivity contribution is 5.98. The van der Waals surface area contributed by atoms with Crippen LogP contribution in [-0.4, -0.2) is 149 Å². The van der Waals surface area contributed by atoms with Crippen molar-refractivity contribution >= 4 is 59.1 Å². The van der Waals surface area contributed by atoms with Gasteiger partial charge in [-0.05, 0) is 92.6 Å². The van der Waals surface area contributed by atoms with Crippen LogP contribution in [0.5, 0.6) is 5.75 Å². The summed E-state index contributed by atoms with van der Waals surface area (Å²) >= 11 is 0. The van der Waals surface area contributed by atoms with Crippen LogP contribution in [0.25, 0.3) is 0 Å². The number of aliphatic hydroxyl groups is 1. The maximum atomic E-state index is 14.5. The maximum Gasteiger partial charge on any atom is 0.303 e. The molecule has 25 heteroatoms. The SMILES string of the molecule is CC[C@H](C)[C@H](NC(=O)[C@H](CCCCN)NC(=O)[C@H](CCC(=O)O)NC(=O)[C@H](CO)NC(=O)[C@@H](NC(=O)[C@@H](N)CCCCN)C(C)C)C(=O)N[C@@H](Cc1ccccc1)C(=O)N[C@@H](Cc1ccc(O)cc1)C(=O)N[C@H](C(N)=O)C(C)C. The standard InChI is InChI=1S/C54H86N12O13/c1-7-32(6)45(54(79)62-39(27-33-15-9-8-10-16-33)50(75)61-40(28-34-19-21-35(68)22-20-34)51(76)64-43(30(2)3)46(58)71)66-49(74)37(18-12-14-26-56)59-48(73)38(23-24-42(69)70)60-52(77)41(29-67)63-53(78)44(31(4)5)65-47(72)36(57)17-11-13-25-55/h8-10,15-16,19-22,30-32,36-41,43-45,67-68H,7,11-14,17-18,23-29,55-57H2,1-6H3,(H2,58,71)(H,59,73)(H,60,77)(H,61,75)(H,62,79)(H,63,78)(H,64,76)(H,65,72)(H,66,74)(H,69,70)/t32-,36-,37-,38-,39-,40-,41-,43-,44-,45-/m0/s1. The van der Waals surface area contributed by atoms with Crippen LogP contribution in [0.2, 0.25) is 0 Å². The van der Waals surface area contributed by atoms with Crippen molar-refractivity contribution in [3.63, 3.8) is 0 Å². The summed E-state index contributed by atoms with van der Waals surface area (Å²) in [6, 6.07) is 2.46. The van der Waals surface area contributed by atoms with E-state index in [-0.39, 0.29) is 38.0 Å². The number of phenols is 1. The highest BCUT2D eigenvalue weighted by atomic mass is 16.4. The first-order valence-electron chi connectivity index (χ1n) is 26.9. The first kappa shape index (κ1) is 67.9. The number of primary amides is 1. The number of amides is 9. The highest BCUT2D eigenvalue weighted by Crippen LogP contribution is 2.16. The second-order valence-electron chi connectivity index (χ2n) is 20.4. The van der Waals surface area contributed by atoms with Crippen LogP contribution in [0.3, 0.4) is 0 Å². The Morgan fingerprint density at radius 2 is 0.911 bits per heavy atom. The molecule has 0 unspecified atom stereocenters. The van der Waals surface area contributed by atoms with Crippen LogP contribution in [0.15, 0.2) is 54.6 Å². The van der Waals surface area contributed by atoms with E-state index in [4.69, 9.17) is 22.9 Å². The Bertz CT molecular complexity index is 2310. The highest BCUT2D eigenvalue weighted by Gasteiger charge is 2.37. The van der Waals surface area contributed by atoms with Crippen LogP contribution in [0.1, 0.15) is 110 Å². The molecule has 2 aromatic rings. The van der Waals surface area contributed by atoms with E-state index in [1.807, 2.05) is 0 Å². The quantitative estimate of drug-likeness (QED) is 0.0337. The predicted molar refractivity (Wildman–Crippen MR) is 293 cm³/mol. The zero-order valence-corrected chi connectivity index (χ0v) is 46.3. The van der Waals surface area contributed by atoms with Crippen molar-refractivity contribution in [3.8, 4) is 5.75 Å². The maximum absolute atomic E-state index is 14.5. The third-order valence-corrected chi connectivity index (χ3v) is 13.2. The van der Waals surface area contributed by atoms with E-state index in [1.165, 1.54) is 12.1 Å². The van der Waals surface area contributed by atoms with Gasteiger partial charge in [-0.2, -0.15) is 0 Å². The molecular formula is C54H86N12O13. The summed E-state index contributed by atoms with van der Waals surface area (Å²) in [4.78, 5) is 136. The lowest BCUT2D eigenvalue weighted by Gasteiger charge is -2.30. The molecule has 79 heavy (non-hydrogen) atoms. The molecular weight excluding hydrogens is 1020 g/mol. The normalized spacial score (nSPS) is 15.0. The van der Waals surface area contributed by atoms with Gasteiger partial charge in [0.15, 0.2) is 0 Å². The van der Waals surface area contributed by atoms with Gasteiger partial charge < -0.3 is 80.8 Å². The number of hydrogen-bond acceptors (Lipinski definition) is 15. The number of rotatable bonds is 37. The number of nitrogens with two attached hydrogens (primary N) is 4. The number of carbonyl (C=O) groups is 10. The van der Waals surface area contributed by atoms with Gasteiger partial charge in [-0.15, -0.1) is 0 Å². The average Bonchev–Trinajstić information content (AvgIpc) is 3.42. The summed E-state index contributed by atoms with van der Waals surface area (Å²) < 4.78 is 0. The monoisotopic (exact) mass is 1110 g/mol. The van der Waals surface area contributed by atoms with Crippen molar-refractivity contribution < 1.29 is 63.3 Å². The Morgan fingerprint density at radius 1 is 0.494 bits per heavy atom. The van der Waals surface area contributed by atoms with Gasteiger partial charge >= 0.3 is 5.97 Å². The lowest BCUT2D eigenvalue weighted by Crippen LogP contribution is -2.62. The second-order valence-corrected chi connectivity index (χ2v) is 20.4. The Morgan fingerprint density at radius 3 is 1.42 bits per heavy atom. The van der Waals surface area contributed by atoms with E-state index in [0.29, 0.717) is 49.8 Å². The molecule has 0 radical (unpaired) electrons. The van der Waals surface area contributed by atoms with Crippen LogP contribution >= 0.6 is 0 Å². The van der Waals surface area contributed by atoms with Crippen LogP contribution in [0, 0.1) is 17.8 Å². The number of aliphatic hydroxyl groups excluding tert-OH is 1. The molecule has 2 rings (SSSR count). The van der Waals surface area contributed by atoms with E-state index in [9.17, 15) is 63.3 Å². The topological polar surface area (TPSA) is 432 Å². The average molecular weight is 1110 g/mol. The Labute approximate surface area is 462 Å². The van der Waals surface area contributed by atoms with Gasteiger partial charge in [-0.25, -0.2) is 0 Å². The van der Waals surface area contributed by atoms with E-state index in [0.717, 1.165) is 0 Å². The number of aliphatic carboxylic acids is 1. The van der Waals surface area contributed by atoms with Gasteiger partial charge in [0, 0.05) is 19.3 Å². The molecule has 440 valence electrons. The van der Waals surface area contributed by atoms with Gasteiger partial charge in [-0.3, -0.25) is 47.9 Å². The number of carbonyl (C=O) groups excluding carboxylic acids is 9. The van der Waals surface area contributed by atoms with Crippen molar-refractivity contribution in [1.82, 2.24) is 42.5 Å². The molecule has 0 aliphatic rings. The number of nitrogens with one attached hydrogen (secondary N) is 8. The van der Waals surface area contributed by atoms with Crippen molar-refractivity contribution in [2.45, 2.75) is 167 Å². The van der Waals surface area contributed by atoms with Crippen LogP contribution < -0.4 is 65.5 Å². The first-order chi connectivity index (χ1) is 37.4. The molecule has 25 nitrogen and oxygen atoms in total. The van der Waals surface area contributed by atoms with Crippen molar-refractivity contribution in [2.75, 3.05) is 19.7 Å². The molecule has 0 heterocycles. The molecule has 2 aromatic carbocycles. The summed E-state index contributed by atoms with van der Waals surface area (Å²) in [5, 5.41) is 50.4. The smallest absolute Gasteiger partial charge is 0.303 e. The lowest BCUT2D eigenvalue weighted by molar-refractivity contribution is -0.139. The summed E-state index contributed by atoms with van der Waals surface area (Å²) in [5.74, 6) is -10.6. The summed E-state index contributed by atoms with van der Waals surface area (Å²) in [6.07, 6.45) is 1.10. The zero-order valence-electron chi connectivity index (χ0n) is 46.3. The molecule has 0 aliphatic heterocycles. The predicted octanol–water partition coefficient (Wildman–Crippen LogP) is -1.66. The van der Waals surface area contributed by atoms with Crippen LogP contribution in [-0.2, 0) is 60.8 Å².